The summed E-state index contributed by atoms with van der Waals surface area (Å²) in [7, 11) is 1.36. The molecule has 1 N–H and O–H groups in total. The zero-order chi connectivity index (χ0) is 8.27. The summed E-state index contributed by atoms with van der Waals surface area (Å²) in [4.78, 5) is 17.6. The first-order valence-electron chi connectivity index (χ1n) is 3.29. The summed E-state index contributed by atoms with van der Waals surface area (Å²) < 4.78 is 4.46. The Labute approximate surface area is 64.6 Å². The van der Waals surface area contributed by atoms with Crippen molar-refractivity contribution in [2.45, 2.75) is 13.3 Å². The minimum absolute atomic E-state index is 0.213. The van der Waals surface area contributed by atoms with Crippen LogP contribution in [0, 0.1) is 6.92 Å². The monoisotopic (exact) mass is 154 g/mol. The van der Waals surface area contributed by atoms with Crippen LogP contribution in [0.1, 0.15) is 11.5 Å². The molecule has 0 aliphatic heterocycles. The summed E-state index contributed by atoms with van der Waals surface area (Å²) in [6.45, 7) is 1.88. The fourth-order valence-electron chi connectivity index (χ4n) is 0.766. The van der Waals surface area contributed by atoms with Crippen molar-refractivity contribution in [2.75, 3.05) is 7.11 Å². The first-order valence-corrected chi connectivity index (χ1v) is 3.29. The summed E-state index contributed by atoms with van der Waals surface area (Å²) in [5, 5.41) is 0. The molecule has 0 fully saturated rings. The molecule has 1 rings (SSSR count). The number of ether oxygens (including phenoxy) is 1. The van der Waals surface area contributed by atoms with Crippen molar-refractivity contribution >= 4 is 5.97 Å². The van der Waals surface area contributed by atoms with E-state index in [4.69, 9.17) is 0 Å². The van der Waals surface area contributed by atoms with E-state index in [9.17, 15) is 4.79 Å². The number of aryl methyl sites for hydroxylation is 1. The summed E-state index contributed by atoms with van der Waals surface area (Å²) in [5.41, 5.74) is 0.948. The van der Waals surface area contributed by atoms with Crippen LogP contribution >= 0.6 is 0 Å². The van der Waals surface area contributed by atoms with E-state index in [0.29, 0.717) is 5.82 Å². The number of aromatic amines is 1. The number of methoxy groups -OCH3 is 1. The maximum Gasteiger partial charge on any atom is 0.313 e. The molecule has 0 saturated carbocycles. The van der Waals surface area contributed by atoms with Crippen molar-refractivity contribution in [3.63, 3.8) is 0 Å². The lowest BCUT2D eigenvalue weighted by atomic mass is 10.4. The molecule has 0 amide bonds. The average molecular weight is 154 g/mol. The molecule has 0 bridgehead atoms. The lowest BCUT2D eigenvalue weighted by Gasteiger charge is -1.93. The molecule has 4 heteroatoms. The fourth-order valence-corrected chi connectivity index (χ4v) is 0.766. The third kappa shape index (κ3) is 2.07. The largest absolute Gasteiger partial charge is 0.469 e. The van der Waals surface area contributed by atoms with Gasteiger partial charge in [0.25, 0.3) is 0 Å². The fraction of sp³-hybridized carbons (Fsp3) is 0.429. The molecule has 11 heavy (non-hydrogen) atoms. The topological polar surface area (TPSA) is 55.0 Å². The Morgan fingerprint density at radius 2 is 2.55 bits per heavy atom. The van der Waals surface area contributed by atoms with Crippen LogP contribution in [-0.4, -0.2) is 23.0 Å². The first kappa shape index (κ1) is 7.78. The van der Waals surface area contributed by atoms with Gasteiger partial charge in [-0.05, 0) is 6.92 Å². The summed E-state index contributed by atoms with van der Waals surface area (Å²) in [6, 6.07) is 0. The minimum Gasteiger partial charge on any atom is -0.469 e. The third-order valence-corrected chi connectivity index (χ3v) is 1.29. The number of imidazole rings is 1. The standard InChI is InChI=1S/C7H10N2O2/c1-5-4-8-6(9-5)3-7(10)11-2/h4H,3H2,1-2H3,(H,8,9). The zero-order valence-electron chi connectivity index (χ0n) is 6.55. The highest BCUT2D eigenvalue weighted by Crippen LogP contribution is 1.96. The molecule has 60 valence electrons. The molecular weight excluding hydrogens is 144 g/mol. The van der Waals surface area contributed by atoms with Crippen molar-refractivity contribution in [3.8, 4) is 0 Å². The molecule has 0 atom stereocenters. The van der Waals surface area contributed by atoms with Gasteiger partial charge < -0.3 is 9.72 Å². The first-order chi connectivity index (χ1) is 5.22. The zero-order valence-corrected chi connectivity index (χ0v) is 6.55. The van der Waals surface area contributed by atoms with Gasteiger partial charge in [-0.2, -0.15) is 0 Å². The second kappa shape index (κ2) is 3.18. The smallest absolute Gasteiger partial charge is 0.313 e. The van der Waals surface area contributed by atoms with Crippen molar-refractivity contribution in [2.24, 2.45) is 0 Å². The molecule has 0 aromatic carbocycles. The van der Waals surface area contributed by atoms with E-state index >= 15 is 0 Å². The van der Waals surface area contributed by atoms with Gasteiger partial charge in [0, 0.05) is 11.9 Å². The van der Waals surface area contributed by atoms with E-state index in [0.717, 1.165) is 5.69 Å². The van der Waals surface area contributed by atoms with Crippen LogP contribution in [0.25, 0.3) is 0 Å². The highest BCUT2D eigenvalue weighted by Gasteiger charge is 2.04. The quantitative estimate of drug-likeness (QED) is 0.628. The van der Waals surface area contributed by atoms with Gasteiger partial charge in [0.1, 0.15) is 12.2 Å². The van der Waals surface area contributed by atoms with Crippen molar-refractivity contribution in [1.29, 1.82) is 0 Å². The molecule has 0 aliphatic rings. The summed E-state index contributed by atoms with van der Waals surface area (Å²) >= 11 is 0. The Morgan fingerprint density at radius 3 is 3.00 bits per heavy atom. The molecule has 0 spiro atoms. The van der Waals surface area contributed by atoms with Crippen LogP contribution in [0.5, 0.6) is 0 Å². The predicted molar refractivity (Wildman–Crippen MR) is 39.0 cm³/mol. The number of carbonyl (C=O) groups is 1. The van der Waals surface area contributed by atoms with Crippen molar-refractivity contribution in [1.82, 2.24) is 9.97 Å². The molecule has 1 aromatic rings. The van der Waals surface area contributed by atoms with Gasteiger partial charge in [-0.3, -0.25) is 4.79 Å². The highest BCUT2D eigenvalue weighted by molar-refractivity contribution is 5.71. The van der Waals surface area contributed by atoms with E-state index in [1.165, 1.54) is 7.11 Å². The Hall–Kier alpha value is -1.32. The van der Waals surface area contributed by atoms with Crippen LogP contribution in [0.15, 0.2) is 6.20 Å². The maximum atomic E-state index is 10.7. The van der Waals surface area contributed by atoms with Gasteiger partial charge in [0.15, 0.2) is 0 Å². The van der Waals surface area contributed by atoms with Crippen LogP contribution < -0.4 is 0 Å². The number of hydrogen-bond acceptors (Lipinski definition) is 3. The van der Waals surface area contributed by atoms with Crippen LogP contribution in [0.3, 0.4) is 0 Å². The number of H-pyrrole nitrogens is 1. The van der Waals surface area contributed by atoms with Gasteiger partial charge >= 0.3 is 5.97 Å². The molecule has 4 nitrogen and oxygen atoms in total. The number of aromatic nitrogens is 2. The number of carbonyl (C=O) groups excluding carboxylic acids is 1. The number of esters is 1. The predicted octanol–water partition coefficient (Wildman–Crippen LogP) is 0.434. The molecule has 0 unspecified atom stereocenters. The Morgan fingerprint density at radius 1 is 1.82 bits per heavy atom. The van der Waals surface area contributed by atoms with Gasteiger partial charge in [-0.25, -0.2) is 4.98 Å². The second-order valence-electron chi connectivity index (χ2n) is 2.27. The molecule has 1 heterocycles. The van der Waals surface area contributed by atoms with Crippen LogP contribution in [0.2, 0.25) is 0 Å². The van der Waals surface area contributed by atoms with Crippen LogP contribution in [0.4, 0.5) is 0 Å². The average Bonchev–Trinajstić information content (AvgIpc) is 2.35. The van der Waals surface area contributed by atoms with Gasteiger partial charge in [0.2, 0.25) is 0 Å². The van der Waals surface area contributed by atoms with Crippen molar-refractivity contribution < 1.29 is 9.53 Å². The lowest BCUT2D eigenvalue weighted by Crippen LogP contribution is -2.05. The second-order valence-corrected chi connectivity index (χ2v) is 2.27. The summed E-state index contributed by atoms with van der Waals surface area (Å²) in [5.74, 6) is 0.369. The molecule has 0 saturated heterocycles. The SMILES string of the molecule is COC(=O)Cc1ncc(C)[nH]1. The Bertz CT molecular complexity index is 255. The van der Waals surface area contributed by atoms with Gasteiger partial charge in [-0.15, -0.1) is 0 Å². The van der Waals surface area contributed by atoms with E-state index in [1.807, 2.05) is 6.92 Å². The number of nitrogens with one attached hydrogen (secondary N) is 1. The normalized spacial score (nSPS) is 9.64. The maximum absolute atomic E-state index is 10.7. The van der Waals surface area contributed by atoms with Crippen LogP contribution in [-0.2, 0) is 16.0 Å². The third-order valence-electron chi connectivity index (χ3n) is 1.29. The van der Waals surface area contributed by atoms with Gasteiger partial charge in [0.05, 0.1) is 7.11 Å². The summed E-state index contributed by atoms with van der Waals surface area (Å²) in [6.07, 6.45) is 1.89. The number of rotatable bonds is 2. The Balaban J connectivity index is 2.57. The Kier molecular flexibility index (Phi) is 2.25. The van der Waals surface area contributed by atoms with E-state index in [-0.39, 0.29) is 12.4 Å². The minimum atomic E-state index is -0.278. The van der Waals surface area contributed by atoms with E-state index < -0.39 is 0 Å². The van der Waals surface area contributed by atoms with E-state index in [1.54, 1.807) is 6.20 Å². The molecule has 0 radical (unpaired) electrons. The molecule has 0 aliphatic carbocycles. The highest BCUT2D eigenvalue weighted by atomic mass is 16.5. The van der Waals surface area contributed by atoms with Crippen molar-refractivity contribution in [3.05, 3.63) is 17.7 Å². The number of hydrogen-bond donors (Lipinski definition) is 1. The molecule has 1 aromatic heterocycles. The van der Waals surface area contributed by atoms with E-state index in [2.05, 4.69) is 14.7 Å². The van der Waals surface area contributed by atoms with Gasteiger partial charge in [-0.1, -0.05) is 0 Å². The lowest BCUT2D eigenvalue weighted by molar-refractivity contribution is -0.139. The number of nitrogens with zero attached hydrogens (tertiary/aromatic N) is 1. The molecular formula is C7H10N2O2.